The summed E-state index contributed by atoms with van der Waals surface area (Å²) in [5, 5.41) is 3.83. The monoisotopic (exact) mass is 358 g/mol. The predicted molar refractivity (Wildman–Crippen MR) is 108 cm³/mol. The number of benzene rings is 3. The smallest absolute Gasteiger partial charge is 0.242 e. The fourth-order valence-electron chi connectivity index (χ4n) is 2.87. The van der Waals surface area contributed by atoms with Crippen LogP contribution in [0, 0.1) is 0 Å². The molecule has 0 radical (unpaired) electrons. The fraction of sp³-hybridized carbons (Fsp3) is 0.0455. The van der Waals surface area contributed by atoms with Crippen LogP contribution in [-0.2, 0) is 4.79 Å². The molecule has 0 aliphatic carbocycles. The molecule has 3 aromatic carbocycles. The van der Waals surface area contributed by atoms with Crippen LogP contribution in [0.3, 0.4) is 0 Å². The molecule has 0 fully saturated rings. The molecular weight excluding hydrogens is 340 g/mol. The number of fused-ring (bicyclic) bond motifs is 1. The van der Waals surface area contributed by atoms with E-state index < -0.39 is 0 Å². The van der Waals surface area contributed by atoms with Gasteiger partial charge >= 0.3 is 0 Å². The third kappa shape index (κ3) is 3.65. The van der Waals surface area contributed by atoms with Crippen molar-refractivity contribution in [2.45, 2.75) is 10.1 Å². The van der Waals surface area contributed by atoms with E-state index in [2.05, 4.69) is 10.3 Å². The van der Waals surface area contributed by atoms with Gasteiger partial charge in [-0.3, -0.25) is 4.79 Å². The Morgan fingerprint density at radius 1 is 0.885 bits per heavy atom. The summed E-state index contributed by atoms with van der Waals surface area (Å²) in [5.74, 6) is -0.0278. The lowest BCUT2D eigenvalue weighted by molar-refractivity contribution is -0.115. The number of hydrogen-bond donors (Lipinski definition) is 2. The number of H-pyrrole nitrogens is 1. The number of thioether (sulfide) groups is 1. The van der Waals surface area contributed by atoms with E-state index in [1.54, 1.807) is 11.8 Å². The molecule has 0 spiro atoms. The number of carbonyl (C=O) groups is 1. The van der Waals surface area contributed by atoms with Gasteiger partial charge in [-0.1, -0.05) is 48.5 Å². The topological polar surface area (TPSA) is 44.9 Å². The van der Waals surface area contributed by atoms with Gasteiger partial charge in [0.15, 0.2) is 0 Å². The molecule has 1 aromatic heterocycles. The Kier molecular flexibility index (Phi) is 4.75. The summed E-state index contributed by atoms with van der Waals surface area (Å²) in [7, 11) is 0. The quantitative estimate of drug-likeness (QED) is 0.453. The van der Waals surface area contributed by atoms with Crippen LogP contribution < -0.4 is 5.32 Å². The summed E-state index contributed by atoms with van der Waals surface area (Å²) < 4.78 is 0. The number of rotatable bonds is 5. The van der Waals surface area contributed by atoms with E-state index in [1.807, 2.05) is 91.1 Å². The normalized spacial score (nSPS) is 12.0. The van der Waals surface area contributed by atoms with Gasteiger partial charge in [-0.05, 0) is 42.0 Å². The van der Waals surface area contributed by atoms with Gasteiger partial charge in [0.25, 0.3) is 0 Å². The van der Waals surface area contributed by atoms with Gasteiger partial charge in [0, 0.05) is 27.7 Å². The summed E-state index contributed by atoms with van der Waals surface area (Å²) in [6.07, 6.45) is 1.90. The number of carbonyl (C=O) groups excluding carboxylic acids is 1. The molecule has 4 rings (SSSR count). The molecule has 2 N–H and O–H groups in total. The van der Waals surface area contributed by atoms with Crippen molar-refractivity contribution in [2.75, 3.05) is 5.32 Å². The summed E-state index contributed by atoms with van der Waals surface area (Å²) in [6.45, 7) is 0. The molecule has 0 aliphatic rings. The average molecular weight is 358 g/mol. The third-order valence-electron chi connectivity index (χ3n) is 4.16. The number of aromatic amines is 1. The number of anilines is 1. The Labute approximate surface area is 156 Å². The Morgan fingerprint density at radius 2 is 1.62 bits per heavy atom. The van der Waals surface area contributed by atoms with E-state index in [1.165, 1.54) is 0 Å². The number of nitrogens with one attached hydrogen (secondary N) is 2. The van der Waals surface area contributed by atoms with Crippen LogP contribution in [0.25, 0.3) is 10.9 Å². The fourth-order valence-corrected chi connectivity index (χ4v) is 3.92. The predicted octanol–water partition coefficient (Wildman–Crippen LogP) is 5.64. The molecule has 0 saturated heterocycles. The van der Waals surface area contributed by atoms with Crippen molar-refractivity contribution in [1.29, 1.82) is 0 Å². The van der Waals surface area contributed by atoms with E-state index in [0.29, 0.717) is 0 Å². The zero-order valence-electron chi connectivity index (χ0n) is 14.1. The molecule has 0 aliphatic heterocycles. The number of amides is 1. The molecule has 1 heterocycles. The minimum Gasteiger partial charge on any atom is -0.361 e. The zero-order chi connectivity index (χ0) is 17.8. The van der Waals surface area contributed by atoms with Crippen molar-refractivity contribution in [1.82, 2.24) is 4.98 Å². The SMILES string of the molecule is O=C(Nc1ccc2[nH]ccc2c1)C(Sc1ccccc1)c1ccccc1. The van der Waals surface area contributed by atoms with Crippen LogP contribution in [0.1, 0.15) is 10.8 Å². The highest BCUT2D eigenvalue weighted by Gasteiger charge is 2.22. The molecule has 1 atom stereocenters. The van der Waals surface area contributed by atoms with Gasteiger partial charge in [-0.25, -0.2) is 0 Å². The van der Waals surface area contributed by atoms with Gasteiger partial charge < -0.3 is 10.3 Å². The first kappa shape index (κ1) is 16.5. The van der Waals surface area contributed by atoms with Crippen LogP contribution >= 0.6 is 11.8 Å². The van der Waals surface area contributed by atoms with Gasteiger partial charge in [-0.15, -0.1) is 11.8 Å². The molecule has 3 nitrogen and oxygen atoms in total. The van der Waals surface area contributed by atoms with Crippen molar-refractivity contribution in [3.63, 3.8) is 0 Å². The van der Waals surface area contributed by atoms with E-state index in [9.17, 15) is 4.79 Å². The zero-order valence-corrected chi connectivity index (χ0v) is 14.9. The Morgan fingerprint density at radius 3 is 2.38 bits per heavy atom. The lowest BCUT2D eigenvalue weighted by Crippen LogP contribution is -2.19. The molecular formula is C22H18N2OS. The number of hydrogen-bond acceptors (Lipinski definition) is 2. The molecule has 0 saturated carbocycles. The molecule has 0 bridgehead atoms. The highest BCUT2D eigenvalue weighted by atomic mass is 32.2. The van der Waals surface area contributed by atoms with Crippen LogP contribution in [0.15, 0.2) is 96.0 Å². The molecule has 26 heavy (non-hydrogen) atoms. The van der Waals surface area contributed by atoms with E-state index in [-0.39, 0.29) is 11.2 Å². The van der Waals surface area contributed by atoms with E-state index in [0.717, 1.165) is 27.0 Å². The maximum atomic E-state index is 13.1. The van der Waals surface area contributed by atoms with Gasteiger partial charge in [0.1, 0.15) is 5.25 Å². The van der Waals surface area contributed by atoms with Crippen LogP contribution in [0.5, 0.6) is 0 Å². The Balaban J connectivity index is 1.60. The van der Waals surface area contributed by atoms with E-state index >= 15 is 0 Å². The second kappa shape index (κ2) is 7.50. The van der Waals surface area contributed by atoms with Crippen molar-refractivity contribution in [3.8, 4) is 0 Å². The lowest BCUT2D eigenvalue weighted by atomic mass is 10.1. The Hall–Kier alpha value is -2.98. The van der Waals surface area contributed by atoms with Gasteiger partial charge in [0.05, 0.1) is 0 Å². The average Bonchev–Trinajstić information content (AvgIpc) is 3.15. The van der Waals surface area contributed by atoms with Gasteiger partial charge in [-0.2, -0.15) is 0 Å². The first-order valence-corrected chi connectivity index (χ1v) is 9.32. The largest absolute Gasteiger partial charge is 0.361 e. The highest BCUT2D eigenvalue weighted by molar-refractivity contribution is 8.00. The number of aromatic nitrogens is 1. The second-order valence-corrected chi connectivity index (χ2v) is 7.17. The second-order valence-electron chi connectivity index (χ2n) is 5.99. The molecule has 4 aromatic rings. The summed E-state index contributed by atoms with van der Waals surface area (Å²) in [5.41, 5.74) is 2.85. The van der Waals surface area contributed by atoms with Crippen LogP contribution in [-0.4, -0.2) is 10.9 Å². The first-order chi connectivity index (χ1) is 12.8. The molecule has 1 amide bonds. The van der Waals surface area contributed by atoms with Crippen molar-refractivity contribution >= 4 is 34.3 Å². The van der Waals surface area contributed by atoms with Crippen molar-refractivity contribution in [3.05, 3.63) is 96.7 Å². The summed E-state index contributed by atoms with van der Waals surface area (Å²) in [4.78, 5) is 17.3. The minimum atomic E-state index is -0.319. The minimum absolute atomic E-state index is 0.0278. The van der Waals surface area contributed by atoms with Gasteiger partial charge in [0.2, 0.25) is 5.91 Å². The van der Waals surface area contributed by atoms with Crippen LogP contribution in [0.4, 0.5) is 5.69 Å². The van der Waals surface area contributed by atoms with Crippen LogP contribution in [0.2, 0.25) is 0 Å². The van der Waals surface area contributed by atoms with Crippen molar-refractivity contribution < 1.29 is 4.79 Å². The maximum Gasteiger partial charge on any atom is 0.242 e. The molecule has 4 heteroatoms. The lowest BCUT2D eigenvalue weighted by Gasteiger charge is -2.17. The summed E-state index contributed by atoms with van der Waals surface area (Å²) >= 11 is 1.56. The maximum absolute atomic E-state index is 13.1. The molecule has 128 valence electrons. The molecule has 1 unspecified atom stereocenters. The third-order valence-corrected chi connectivity index (χ3v) is 5.42. The summed E-state index contributed by atoms with van der Waals surface area (Å²) in [6, 6.07) is 27.8. The standard InChI is InChI=1S/C22H18N2OS/c25-22(24-18-11-12-20-17(15-18)13-14-23-20)21(16-7-3-1-4-8-16)26-19-9-5-2-6-10-19/h1-15,21,23H,(H,24,25). The van der Waals surface area contributed by atoms with E-state index in [4.69, 9.17) is 0 Å². The Bertz CT molecular complexity index is 1010. The first-order valence-electron chi connectivity index (χ1n) is 8.44. The van der Waals surface area contributed by atoms with Crippen molar-refractivity contribution in [2.24, 2.45) is 0 Å². The highest BCUT2D eigenvalue weighted by Crippen LogP contribution is 2.36.